The van der Waals surface area contributed by atoms with Crippen LogP contribution in [0, 0.1) is 11.5 Å². The third-order valence-corrected chi connectivity index (χ3v) is 4.71. The minimum atomic E-state index is -0.731. The summed E-state index contributed by atoms with van der Waals surface area (Å²) in [7, 11) is 0. The third-order valence-electron chi connectivity index (χ3n) is 4.45. The zero-order chi connectivity index (χ0) is 20.4. The summed E-state index contributed by atoms with van der Waals surface area (Å²) in [5.74, 6) is -1.84. The van der Waals surface area contributed by atoms with Crippen LogP contribution >= 0.6 is 11.6 Å². The number of imide groups is 1. The summed E-state index contributed by atoms with van der Waals surface area (Å²) in [6.45, 7) is 0. The normalized spacial score (nSPS) is 16.1. The van der Waals surface area contributed by atoms with Crippen molar-refractivity contribution in [3.63, 3.8) is 0 Å². The van der Waals surface area contributed by atoms with Gasteiger partial charge in [-0.1, -0.05) is 41.9 Å². The number of amides is 2. The highest BCUT2D eigenvalue weighted by molar-refractivity contribution is 6.30. The van der Waals surface area contributed by atoms with Crippen LogP contribution in [-0.2, 0) is 11.2 Å². The molecule has 0 bridgehead atoms. The molecule has 1 aliphatic heterocycles. The lowest BCUT2D eigenvalue weighted by atomic mass is 9.91. The Hall–Kier alpha value is -3.83. The molecule has 1 atom stereocenters. The van der Waals surface area contributed by atoms with E-state index in [2.05, 4.69) is 20.4 Å². The molecule has 142 valence electrons. The number of fused-ring (bicyclic) bond motifs is 1. The van der Waals surface area contributed by atoms with Crippen LogP contribution in [0.2, 0.25) is 5.02 Å². The lowest BCUT2D eigenvalue weighted by molar-refractivity contribution is -0.122. The number of nitrogens with zero attached hydrogens (tertiary/aromatic N) is 5. The summed E-state index contributed by atoms with van der Waals surface area (Å²) in [4.78, 5) is 33.1. The zero-order valence-electron chi connectivity index (χ0n) is 14.9. The van der Waals surface area contributed by atoms with Gasteiger partial charge in [0.15, 0.2) is 5.69 Å². The molecule has 2 aromatic carbocycles. The van der Waals surface area contributed by atoms with Gasteiger partial charge in [0, 0.05) is 5.02 Å². The molecule has 29 heavy (non-hydrogen) atoms. The quantitative estimate of drug-likeness (QED) is 0.529. The summed E-state index contributed by atoms with van der Waals surface area (Å²) < 4.78 is 1.27. The summed E-state index contributed by atoms with van der Waals surface area (Å²) >= 11 is 5.93. The summed E-state index contributed by atoms with van der Waals surface area (Å²) in [5.41, 5.74) is 1.60. The van der Waals surface area contributed by atoms with Crippen LogP contribution in [-0.4, -0.2) is 26.6 Å². The van der Waals surface area contributed by atoms with Gasteiger partial charge in [-0.2, -0.15) is 15.0 Å². The lowest BCUT2D eigenvalue weighted by Gasteiger charge is -2.23. The molecule has 9 heteroatoms. The number of carbonyl (C=O) groups excluding carboxylic acids is 2. The van der Waals surface area contributed by atoms with Crippen LogP contribution in [0.25, 0.3) is 5.69 Å². The van der Waals surface area contributed by atoms with Gasteiger partial charge in [0.2, 0.25) is 12.1 Å². The van der Waals surface area contributed by atoms with E-state index in [1.807, 2.05) is 30.3 Å². The molecule has 2 heterocycles. The number of carbonyl (C=O) groups is 2. The van der Waals surface area contributed by atoms with E-state index in [1.165, 1.54) is 4.68 Å². The summed E-state index contributed by atoms with van der Waals surface area (Å²) in [6, 6.07) is 16.0. The summed E-state index contributed by atoms with van der Waals surface area (Å²) in [6.07, 6.45) is 2.02. The van der Waals surface area contributed by atoms with Gasteiger partial charge in [-0.05, 0) is 36.2 Å². The molecule has 0 fully saturated rings. The maximum atomic E-state index is 12.5. The van der Waals surface area contributed by atoms with Crippen molar-refractivity contribution in [2.75, 3.05) is 0 Å². The first-order chi connectivity index (χ1) is 14.1. The molecule has 4 rings (SSSR count). The molecule has 0 saturated carbocycles. The fourth-order valence-electron chi connectivity index (χ4n) is 3.10. The molecule has 1 aromatic heterocycles. The number of rotatable bonds is 3. The number of aromatic nitrogens is 3. The second-order valence-corrected chi connectivity index (χ2v) is 6.74. The van der Waals surface area contributed by atoms with E-state index in [0.29, 0.717) is 17.1 Å². The Balaban J connectivity index is 1.88. The van der Waals surface area contributed by atoms with E-state index in [1.54, 1.807) is 30.5 Å². The number of halogens is 1. The highest BCUT2D eigenvalue weighted by Gasteiger charge is 2.36. The number of benzene rings is 2. The first-order valence-corrected chi connectivity index (χ1v) is 9.04. The average Bonchev–Trinajstić information content (AvgIpc) is 2.72. The maximum absolute atomic E-state index is 12.5. The van der Waals surface area contributed by atoms with Crippen molar-refractivity contribution in [2.45, 2.75) is 12.3 Å². The monoisotopic (exact) mass is 404 g/mol. The predicted octanol–water partition coefficient (Wildman–Crippen LogP) is 1.90. The Morgan fingerprint density at radius 3 is 2.55 bits per heavy atom. The minimum absolute atomic E-state index is 0.0115. The van der Waals surface area contributed by atoms with E-state index in [0.717, 1.165) is 5.56 Å². The second kappa shape index (κ2) is 7.66. The number of hydrogen-bond acceptors (Lipinski definition) is 6. The first-order valence-electron chi connectivity index (χ1n) is 8.66. The number of hydrogen-bond donors (Lipinski definition) is 1. The van der Waals surface area contributed by atoms with Crippen molar-refractivity contribution in [2.24, 2.45) is 4.99 Å². The molecule has 3 aromatic rings. The Morgan fingerprint density at radius 1 is 1.14 bits per heavy atom. The highest BCUT2D eigenvalue weighted by Crippen LogP contribution is 2.25. The van der Waals surface area contributed by atoms with Crippen LogP contribution in [0.1, 0.15) is 27.7 Å². The molecule has 0 spiro atoms. The van der Waals surface area contributed by atoms with Gasteiger partial charge in [-0.15, -0.1) is 4.99 Å². The highest BCUT2D eigenvalue weighted by atomic mass is 35.5. The topological polar surface area (TPSA) is 113 Å². The van der Waals surface area contributed by atoms with E-state index >= 15 is 0 Å². The molecule has 1 N–H and O–H groups in total. The second-order valence-electron chi connectivity index (χ2n) is 6.31. The Labute approximate surface area is 170 Å². The van der Waals surface area contributed by atoms with Gasteiger partial charge in [0.05, 0.1) is 17.3 Å². The van der Waals surface area contributed by atoms with E-state index in [9.17, 15) is 9.59 Å². The van der Waals surface area contributed by atoms with Crippen LogP contribution in [0.3, 0.4) is 0 Å². The fraction of sp³-hybridized carbons (Fsp3) is 0.100. The van der Waals surface area contributed by atoms with Crippen molar-refractivity contribution >= 4 is 23.4 Å². The van der Waals surface area contributed by atoms with Crippen LogP contribution in [0.5, 0.6) is 0 Å². The van der Waals surface area contributed by atoms with E-state index < -0.39 is 17.7 Å². The van der Waals surface area contributed by atoms with Gasteiger partial charge in [0.1, 0.15) is 0 Å². The number of nitriles is 1. The summed E-state index contributed by atoms with van der Waals surface area (Å²) in [5, 5.41) is 16.3. The van der Waals surface area contributed by atoms with Crippen molar-refractivity contribution in [1.82, 2.24) is 20.1 Å². The number of nitrogens with one attached hydrogen (secondary N) is 1. The van der Waals surface area contributed by atoms with Crippen LogP contribution in [0.4, 0.5) is 0 Å². The van der Waals surface area contributed by atoms with Crippen molar-refractivity contribution in [3.8, 4) is 11.9 Å². The van der Waals surface area contributed by atoms with Gasteiger partial charge in [-0.25, -0.2) is 4.98 Å². The van der Waals surface area contributed by atoms with Gasteiger partial charge in [0.25, 0.3) is 11.5 Å². The zero-order valence-corrected chi connectivity index (χ0v) is 15.7. The van der Waals surface area contributed by atoms with Crippen LogP contribution < -0.4 is 10.9 Å². The molecular weight excluding hydrogens is 392 g/mol. The predicted molar refractivity (Wildman–Crippen MR) is 103 cm³/mol. The molecule has 0 radical (unpaired) electrons. The van der Waals surface area contributed by atoms with Gasteiger partial charge < -0.3 is 0 Å². The largest absolute Gasteiger partial charge is 0.290 e. The molecular formula is C20H13ClN6O2. The Morgan fingerprint density at radius 2 is 1.86 bits per heavy atom. The average molecular weight is 405 g/mol. The SMILES string of the molecule is N#CN=c1nc2c(nn1-c1ccc(Cl)cc1)C(=O)NC(=O)C2Cc1ccccc1. The molecule has 2 amide bonds. The smallest absolute Gasteiger partial charge is 0.280 e. The van der Waals surface area contributed by atoms with Gasteiger partial charge >= 0.3 is 0 Å². The Bertz CT molecular complexity index is 1210. The van der Waals surface area contributed by atoms with Crippen molar-refractivity contribution < 1.29 is 9.59 Å². The van der Waals surface area contributed by atoms with Crippen molar-refractivity contribution in [1.29, 1.82) is 5.26 Å². The van der Waals surface area contributed by atoms with E-state index in [-0.39, 0.29) is 17.0 Å². The molecule has 0 aliphatic carbocycles. The van der Waals surface area contributed by atoms with Crippen molar-refractivity contribution in [3.05, 3.63) is 82.2 Å². The molecule has 8 nitrogen and oxygen atoms in total. The fourth-order valence-corrected chi connectivity index (χ4v) is 3.23. The minimum Gasteiger partial charge on any atom is -0.290 e. The molecule has 0 saturated heterocycles. The van der Waals surface area contributed by atoms with Gasteiger partial charge in [-0.3, -0.25) is 14.9 Å². The van der Waals surface area contributed by atoms with E-state index in [4.69, 9.17) is 16.9 Å². The maximum Gasteiger partial charge on any atom is 0.280 e. The standard InChI is InChI=1S/C20H13ClN6O2/c21-13-6-8-14(9-7-13)27-20(23-11-22)24-16-15(10-12-4-2-1-3-5-12)18(28)25-19(29)17(16)26-27/h1-9,15H,10H2,(H,25,28,29). The Kier molecular flexibility index (Phi) is 4.89. The third kappa shape index (κ3) is 3.63. The lowest BCUT2D eigenvalue weighted by Crippen LogP contribution is -2.45. The molecule has 1 unspecified atom stereocenters. The van der Waals surface area contributed by atoms with Crippen LogP contribution in [0.15, 0.2) is 59.6 Å². The first kappa shape index (κ1) is 18.5. The molecule has 1 aliphatic rings.